The van der Waals surface area contributed by atoms with Gasteiger partial charge in [0.15, 0.2) is 0 Å². The number of carbonyl (C=O) groups excluding carboxylic acids is 2. The molecule has 0 spiro atoms. The molecule has 1 aliphatic carbocycles. The van der Waals surface area contributed by atoms with Crippen molar-refractivity contribution in [1.82, 2.24) is 10.2 Å². The zero-order chi connectivity index (χ0) is 34.5. The minimum atomic E-state index is -1.05. The number of amides is 2. The van der Waals surface area contributed by atoms with Crippen LogP contribution in [0.4, 0.5) is 4.79 Å². The molecule has 2 amide bonds. The van der Waals surface area contributed by atoms with E-state index in [2.05, 4.69) is 66.0 Å². The Morgan fingerprint density at radius 1 is 0.740 bits per heavy atom. The van der Waals surface area contributed by atoms with Gasteiger partial charge in [-0.3, -0.25) is 4.79 Å². The van der Waals surface area contributed by atoms with Gasteiger partial charge in [-0.15, -0.1) is 11.8 Å². The quantitative estimate of drug-likeness (QED) is 0.139. The Labute approximate surface area is 296 Å². The molecule has 7 rings (SSSR count). The normalized spacial score (nSPS) is 15.9. The minimum absolute atomic E-state index is 0.0946. The summed E-state index contributed by atoms with van der Waals surface area (Å²) in [5.41, 5.74) is 7.45. The van der Waals surface area contributed by atoms with Gasteiger partial charge in [-0.2, -0.15) is 0 Å². The van der Waals surface area contributed by atoms with Crippen LogP contribution in [0, 0.1) is 0 Å². The first kappa shape index (κ1) is 33.2. The van der Waals surface area contributed by atoms with E-state index in [1.54, 1.807) is 0 Å². The highest BCUT2D eigenvalue weighted by Gasteiger charge is 2.42. The Kier molecular flexibility index (Phi) is 9.72. The molecule has 5 aromatic carbocycles. The number of ether oxygens (including phenoxy) is 1. The molecule has 1 saturated heterocycles. The van der Waals surface area contributed by atoms with Crippen LogP contribution in [0.25, 0.3) is 11.1 Å². The molecule has 0 unspecified atom stereocenters. The van der Waals surface area contributed by atoms with Crippen molar-refractivity contribution >= 4 is 29.7 Å². The molecule has 1 fully saturated rings. The average Bonchev–Trinajstić information content (AvgIpc) is 3.79. The van der Waals surface area contributed by atoms with Crippen LogP contribution in [0.3, 0.4) is 0 Å². The van der Waals surface area contributed by atoms with Gasteiger partial charge in [0, 0.05) is 18.2 Å². The molecule has 0 aromatic heterocycles. The van der Waals surface area contributed by atoms with Crippen molar-refractivity contribution in [3.63, 3.8) is 0 Å². The Morgan fingerprint density at radius 2 is 1.22 bits per heavy atom. The highest BCUT2D eigenvalue weighted by molar-refractivity contribution is 8.00. The third-order valence-corrected chi connectivity index (χ3v) is 11.4. The number of carbonyl (C=O) groups is 3. The summed E-state index contributed by atoms with van der Waals surface area (Å²) in [6, 6.07) is 44.6. The molecule has 50 heavy (non-hydrogen) atoms. The second-order valence-corrected chi connectivity index (χ2v) is 13.9. The van der Waals surface area contributed by atoms with Gasteiger partial charge in [0.25, 0.3) is 0 Å². The largest absolute Gasteiger partial charge is 0.480 e. The van der Waals surface area contributed by atoms with E-state index in [1.165, 1.54) is 16.7 Å². The second kappa shape index (κ2) is 14.6. The third kappa shape index (κ3) is 6.39. The van der Waals surface area contributed by atoms with E-state index in [1.807, 2.05) is 78.9 Å². The fourth-order valence-corrected chi connectivity index (χ4v) is 8.97. The van der Waals surface area contributed by atoms with Crippen molar-refractivity contribution in [3.8, 4) is 11.1 Å². The Morgan fingerprint density at radius 3 is 1.72 bits per heavy atom. The standard InChI is InChI=1S/C42H38N2O5S/c45-39(44-26-14-25-38(44)40(46)47)37(43-41(48)49-27-36-34-23-12-10-21-32(34)33-22-11-13-24-35(33)36)28-50-42(29-15-4-1-5-16-29,30-17-6-2-7-18-30)31-19-8-3-9-20-31/h1-13,15-24,36-38H,14,25-28H2,(H,43,48)(H,46,47)/t37-,38-/m0/s1. The zero-order valence-electron chi connectivity index (χ0n) is 27.5. The number of aliphatic carboxylic acids is 1. The van der Waals surface area contributed by atoms with Crippen molar-refractivity contribution in [1.29, 1.82) is 0 Å². The number of nitrogens with zero attached hydrogens (tertiary/aromatic N) is 1. The molecule has 8 heteroatoms. The summed E-state index contributed by atoms with van der Waals surface area (Å²) >= 11 is 1.53. The maximum atomic E-state index is 14.3. The summed E-state index contributed by atoms with van der Waals surface area (Å²) in [7, 11) is 0. The van der Waals surface area contributed by atoms with Gasteiger partial charge in [0.05, 0.1) is 4.75 Å². The lowest BCUT2D eigenvalue weighted by Crippen LogP contribution is -2.53. The van der Waals surface area contributed by atoms with Gasteiger partial charge < -0.3 is 20.1 Å². The Balaban J connectivity index is 1.20. The molecule has 1 aliphatic heterocycles. The lowest BCUT2D eigenvalue weighted by molar-refractivity contribution is -0.148. The highest BCUT2D eigenvalue weighted by atomic mass is 32.2. The predicted molar refractivity (Wildman–Crippen MR) is 196 cm³/mol. The van der Waals surface area contributed by atoms with Crippen LogP contribution >= 0.6 is 11.8 Å². The van der Waals surface area contributed by atoms with E-state index >= 15 is 0 Å². The van der Waals surface area contributed by atoms with Crippen LogP contribution in [0.2, 0.25) is 0 Å². The van der Waals surface area contributed by atoms with Crippen LogP contribution in [-0.4, -0.2) is 59.0 Å². The summed E-state index contributed by atoms with van der Waals surface area (Å²) in [5.74, 6) is -1.46. The zero-order valence-corrected chi connectivity index (χ0v) is 28.3. The number of carboxylic acid groups (broad SMARTS) is 1. The van der Waals surface area contributed by atoms with Crippen molar-refractivity contribution in [2.24, 2.45) is 0 Å². The summed E-state index contributed by atoms with van der Waals surface area (Å²) < 4.78 is 5.15. The van der Waals surface area contributed by atoms with Gasteiger partial charge >= 0.3 is 12.1 Å². The maximum absolute atomic E-state index is 14.3. The first-order valence-corrected chi connectivity index (χ1v) is 17.9. The number of thioether (sulfide) groups is 1. The molecular formula is C42H38N2O5S. The smallest absolute Gasteiger partial charge is 0.407 e. The maximum Gasteiger partial charge on any atom is 0.407 e. The number of alkyl carbamates (subject to hydrolysis) is 1. The number of hydrogen-bond acceptors (Lipinski definition) is 5. The molecule has 252 valence electrons. The Bertz CT molecular complexity index is 1830. The summed E-state index contributed by atoms with van der Waals surface area (Å²) in [6.45, 7) is 0.405. The van der Waals surface area contributed by atoms with E-state index in [9.17, 15) is 19.5 Å². The van der Waals surface area contributed by atoms with E-state index in [4.69, 9.17) is 4.74 Å². The predicted octanol–water partition coefficient (Wildman–Crippen LogP) is 7.69. The number of benzene rings is 5. The fourth-order valence-electron chi connectivity index (χ4n) is 7.42. The molecule has 2 atom stereocenters. The lowest BCUT2D eigenvalue weighted by atomic mass is 9.84. The van der Waals surface area contributed by atoms with E-state index in [0.29, 0.717) is 19.4 Å². The van der Waals surface area contributed by atoms with Crippen LogP contribution in [-0.2, 0) is 19.1 Å². The molecule has 2 aliphatic rings. The van der Waals surface area contributed by atoms with Crippen LogP contribution < -0.4 is 5.32 Å². The topological polar surface area (TPSA) is 95.9 Å². The summed E-state index contributed by atoms with van der Waals surface area (Å²) in [5, 5.41) is 12.8. The summed E-state index contributed by atoms with van der Waals surface area (Å²) in [6.07, 6.45) is 0.227. The van der Waals surface area contributed by atoms with Gasteiger partial charge in [-0.25, -0.2) is 9.59 Å². The average molecular weight is 683 g/mol. The van der Waals surface area contributed by atoms with Gasteiger partial charge in [-0.05, 0) is 51.8 Å². The third-order valence-electron chi connectivity index (χ3n) is 9.76. The van der Waals surface area contributed by atoms with Crippen molar-refractivity contribution in [3.05, 3.63) is 167 Å². The van der Waals surface area contributed by atoms with Crippen molar-refractivity contribution in [2.75, 3.05) is 18.9 Å². The van der Waals surface area contributed by atoms with E-state index in [0.717, 1.165) is 38.9 Å². The van der Waals surface area contributed by atoms with Gasteiger partial charge in [0.2, 0.25) is 5.91 Å². The number of carboxylic acids is 1. The first-order chi connectivity index (χ1) is 24.5. The number of nitrogens with one attached hydrogen (secondary N) is 1. The Hall–Kier alpha value is -5.34. The monoisotopic (exact) mass is 682 g/mol. The lowest BCUT2D eigenvalue weighted by Gasteiger charge is -2.37. The van der Waals surface area contributed by atoms with Crippen LogP contribution in [0.5, 0.6) is 0 Å². The number of likely N-dealkylation sites (tertiary alicyclic amines) is 1. The van der Waals surface area contributed by atoms with Crippen LogP contribution in [0.15, 0.2) is 140 Å². The van der Waals surface area contributed by atoms with E-state index in [-0.39, 0.29) is 18.3 Å². The molecule has 7 nitrogen and oxygen atoms in total. The molecule has 2 N–H and O–H groups in total. The number of fused-ring (bicyclic) bond motifs is 3. The molecule has 1 heterocycles. The second-order valence-electron chi connectivity index (χ2n) is 12.6. The summed E-state index contributed by atoms with van der Waals surface area (Å²) in [4.78, 5) is 41.5. The van der Waals surface area contributed by atoms with E-state index < -0.39 is 34.8 Å². The van der Waals surface area contributed by atoms with Gasteiger partial charge in [-0.1, -0.05) is 140 Å². The molecule has 0 radical (unpaired) electrons. The molecule has 0 bridgehead atoms. The molecular weight excluding hydrogens is 645 g/mol. The first-order valence-electron chi connectivity index (χ1n) is 16.9. The fraction of sp³-hybridized carbons (Fsp3) is 0.214. The van der Waals surface area contributed by atoms with Crippen molar-refractivity contribution < 1.29 is 24.2 Å². The minimum Gasteiger partial charge on any atom is -0.480 e. The van der Waals surface area contributed by atoms with Crippen LogP contribution in [0.1, 0.15) is 46.6 Å². The SMILES string of the molecule is O=C(N[C@@H](CSC(c1ccccc1)(c1ccccc1)c1ccccc1)C(=O)N1CCC[C@H]1C(=O)O)OCC1c2ccccc2-c2ccccc21. The highest BCUT2D eigenvalue weighted by Crippen LogP contribution is 2.49. The molecule has 5 aromatic rings. The number of rotatable bonds is 11. The van der Waals surface area contributed by atoms with Gasteiger partial charge in [0.1, 0.15) is 18.7 Å². The molecule has 0 saturated carbocycles. The van der Waals surface area contributed by atoms with Crippen molar-refractivity contribution in [2.45, 2.75) is 35.6 Å². The number of hydrogen-bond donors (Lipinski definition) is 2.